The molecule has 2 aromatic carbocycles. The number of carbonyl (C=O) groups is 1. The van der Waals surface area contributed by atoms with Crippen LogP contribution in [0.15, 0.2) is 82.5 Å². The highest BCUT2D eigenvalue weighted by atomic mass is 31.3. The summed E-state index contributed by atoms with van der Waals surface area (Å²) in [6.45, 7) is -2.03. The molecule has 0 aliphatic carbocycles. The van der Waals surface area contributed by atoms with Crippen molar-refractivity contribution < 1.29 is 79.2 Å². The van der Waals surface area contributed by atoms with Gasteiger partial charge in [0.15, 0.2) is 12.3 Å². The number of H-pyrrole nitrogens is 1. The van der Waals surface area contributed by atoms with E-state index < -0.39 is 86.3 Å². The Kier molecular flexibility index (Phi) is 12.1. The molecule has 1 saturated heterocycles. The molecule has 3 aromatic rings. The van der Waals surface area contributed by atoms with Gasteiger partial charge in [-0.05, 0) is 17.7 Å². The second-order valence-corrected chi connectivity index (χ2v) is 15.5. The van der Waals surface area contributed by atoms with Crippen LogP contribution >= 0.6 is 31.3 Å². The Bertz CT molecular complexity index is 1900. The van der Waals surface area contributed by atoms with Gasteiger partial charge >= 0.3 is 11.7 Å². The Hall–Kier alpha value is -2.93. The zero-order valence-electron chi connectivity index (χ0n) is 23.7. The van der Waals surface area contributed by atoms with Crippen LogP contribution in [-0.2, 0) is 56.3 Å². The molecule has 0 radical (unpaired) electrons. The highest BCUT2D eigenvalue weighted by Gasteiger charge is 2.48. The minimum atomic E-state index is -6.53. The highest BCUT2D eigenvalue weighted by Crippen LogP contribution is 2.66. The molecule has 1 aromatic heterocycles. The monoisotopic (exact) mass is 754 g/mol. The molecule has 1 aliphatic heterocycles. The summed E-state index contributed by atoms with van der Waals surface area (Å²) in [5, 5.41) is 10.8. The number of aromatic nitrogens is 2. The van der Waals surface area contributed by atoms with Gasteiger partial charge in [-0.15, -0.1) is 0 Å². The standard InChI is InChI=1S/C23H26N2O19P4/c26-18-11-12-25(23(29)24-18)21-20(41-22(28)16-9-5-2-6-10-16)19(27)17(40-21)14-39-46(32,33)43-48(36,37)44-47(34,35)42-45(30,31)38-13-15-7-3-1-4-8-15/h1-12,17,19-21,27H,13-14H2,(H,30,31)(H,32,33)(H,34,35)(H,36,37)(H,24,26,29)/p-4/t17-,19+,20?,21-/m1/s1. The molecule has 2 N–H and O–H groups in total. The number of nitrogens with zero attached hydrogens (tertiary/aromatic N) is 1. The summed E-state index contributed by atoms with van der Waals surface area (Å²) >= 11 is 0. The molecule has 48 heavy (non-hydrogen) atoms. The minimum Gasteiger partial charge on any atom is -0.756 e. The van der Waals surface area contributed by atoms with Crippen molar-refractivity contribution >= 4 is 37.3 Å². The van der Waals surface area contributed by atoms with E-state index in [2.05, 4.69) is 22.0 Å². The van der Waals surface area contributed by atoms with Gasteiger partial charge in [0, 0.05) is 12.3 Å². The SMILES string of the molecule is O=C(OC1[C@@H](O)[C@@H](COP(=O)([O-])OP(=O)([O-])OP(=O)([O-])OP(=O)([O-])OCc2ccccc2)O[C@H]1n1ccc(=O)[nH]c1=O)c1ccccc1. The van der Waals surface area contributed by atoms with Gasteiger partial charge in [-0.25, -0.2) is 22.5 Å². The highest BCUT2D eigenvalue weighted by molar-refractivity contribution is 7.68. The first-order valence-corrected chi connectivity index (χ1v) is 18.8. The van der Waals surface area contributed by atoms with Gasteiger partial charge in [-0.3, -0.25) is 32.6 Å². The van der Waals surface area contributed by atoms with Crippen LogP contribution in [0.3, 0.4) is 0 Å². The molecule has 0 bridgehead atoms. The van der Waals surface area contributed by atoms with Gasteiger partial charge in [0.1, 0.15) is 12.2 Å². The van der Waals surface area contributed by atoms with Crippen molar-refractivity contribution in [3.05, 3.63) is 105 Å². The topological polar surface area (TPSA) is 317 Å². The number of nitrogens with one attached hydrogen (secondary N) is 1. The van der Waals surface area contributed by atoms with E-state index in [0.717, 1.165) is 12.3 Å². The molecule has 8 atom stereocenters. The first-order valence-electron chi connectivity index (χ1n) is 13.0. The van der Waals surface area contributed by atoms with E-state index in [1.54, 1.807) is 12.1 Å². The third-order valence-electron chi connectivity index (χ3n) is 5.92. The summed E-state index contributed by atoms with van der Waals surface area (Å²) in [6.07, 6.45) is -6.35. The molecule has 262 valence electrons. The fourth-order valence-electron chi connectivity index (χ4n) is 3.94. The van der Waals surface area contributed by atoms with Crippen molar-refractivity contribution in [1.82, 2.24) is 9.55 Å². The number of rotatable bonds is 15. The number of hydrogen-bond acceptors (Lipinski definition) is 19. The van der Waals surface area contributed by atoms with Crippen LogP contribution < -0.4 is 30.8 Å². The predicted molar refractivity (Wildman–Crippen MR) is 148 cm³/mol. The Morgan fingerprint density at radius 2 is 1.35 bits per heavy atom. The van der Waals surface area contributed by atoms with Crippen molar-refractivity contribution in [2.75, 3.05) is 6.61 Å². The maximum atomic E-state index is 12.7. The Morgan fingerprint density at radius 3 is 1.94 bits per heavy atom. The van der Waals surface area contributed by atoms with E-state index in [1.807, 2.05) is 4.98 Å². The number of phosphoric ester groups is 2. The number of carbonyl (C=O) groups excluding carboxylic acids is 1. The third kappa shape index (κ3) is 10.8. The molecule has 21 nitrogen and oxygen atoms in total. The Morgan fingerprint density at radius 1 is 0.812 bits per heavy atom. The van der Waals surface area contributed by atoms with Gasteiger partial charge in [-0.1, -0.05) is 48.5 Å². The quantitative estimate of drug-likeness (QED) is 0.141. The lowest BCUT2D eigenvalue weighted by atomic mass is 10.1. The summed E-state index contributed by atoms with van der Waals surface area (Å²) in [7, 11) is -24.9. The third-order valence-corrected chi connectivity index (χ3v) is 11.6. The summed E-state index contributed by atoms with van der Waals surface area (Å²) < 4.78 is 79.0. The van der Waals surface area contributed by atoms with E-state index in [9.17, 15) is 57.3 Å². The minimum absolute atomic E-state index is 0.00337. The Balaban J connectivity index is 1.41. The van der Waals surface area contributed by atoms with Gasteiger partial charge in [-0.2, -0.15) is 0 Å². The number of phosphoric acid groups is 4. The fraction of sp³-hybridized carbons (Fsp3) is 0.261. The lowest BCUT2D eigenvalue weighted by Gasteiger charge is -2.36. The molecule has 1 fully saturated rings. The van der Waals surface area contributed by atoms with Crippen molar-refractivity contribution in [3.63, 3.8) is 0 Å². The number of hydrogen-bond donors (Lipinski definition) is 2. The molecule has 1 aliphatic rings. The van der Waals surface area contributed by atoms with Crippen LogP contribution in [0.4, 0.5) is 0 Å². The molecular formula is C23H22N2O19P4-4. The van der Waals surface area contributed by atoms with Crippen LogP contribution in [0, 0.1) is 0 Å². The summed E-state index contributed by atoms with van der Waals surface area (Å²) in [5.41, 5.74) is -1.68. The van der Waals surface area contributed by atoms with Crippen LogP contribution in [0.1, 0.15) is 22.1 Å². The van der Waals surface area contributed by atoms with E-state index in [-0.39, 0.29) is 11.1 Å². The molecule has 0 saturated carbocycles. The van der Waals surface area contributed by atoms with Gasteiger partial charge in [0.2, 0.25) is 0 Å². The molecule has 25 heteroatoms. The maximum absolute atomic E-state index is 12.7. The van der Waals surface area contributed by atoms with Gasteiger partial charge in [0.05, 0.1) is 18.8 Å². The molecule has 0 amide bonds. The first-order chi connectivity index (χ1) is 22.4. The maximum Gasteiger partial charge on any atom is 0.338 e. The van der Waals surface area contributed by atoms with E-state index in [4.69, 9.17) is 9.47 Å². The largest absolute Gasteiger partial charge is 0.756 e. The van der Waals surface area contributed by atoms with Crippen LogP contribution in [0.2, 0.25) is 0 Å². The second-order valence-electron chi connectivity index (χ2n) is 9.40. The zero-order valence-corrected chi connectivity index (χ0v) is 27.3. The average molecular weight is 754 g/mol. The number of aromatic amines is 1. The number of ether oxygens (including phenoxy) is 2. The zero-order chi connectivity index (χ0) is 35.3. The number of aliphatic hydroxyl groups is 1. The predicted octanol–water partition coefficient (Wildman–Crippen LogP) is -0.823. The van der Waals surface area contributed by atoms with Gasteiger partial charge in [0.25, 0.3) is 36.9 Å². The summed E-state index contributed by atoms with van der Waals surface area (Å²) in [6, 6.07) is 15.5. The number of aliphatic hydroxyl groups excluding tert-OH is 1. The lowest BCUT2D eigenvalue weighted by Crippen LogP contribution is -2.40. The van der Waals surface area contributed by atoms with Crippen molar-refractivity contribution in [3.8, 4) is 0 Å². The smallest absolute Gasteiger partial charge is 0.338 e. The molecule has 0 spiro atoms. The number of esters is 1. The lowest BCUT2D eigenvalue weighted by molar-refractivity contribution is -0.255. The van der Waals surface area contributed by atoms with E-state index in [1.165, 1.54) is 48.5 Å². The van der Waals surface area contributed by atoms with Crippen molar-refractivity contribution in [1.29, 1.82) is 0 Å². The van der Waals surface area contributed by atoms with Crippen molar-refractivity contribution in [2.45, 2.75) is 31.1 Å². The summed E-state index contributed by atoms with van der Waals surface area (Å²) in [5.74, 6) is -1.02. The normalized spacial score (nSPS) is 24.4. The second kappa shape index (κ2) is 15.3. The Labute approximate surface area is 268 Å². The molecular weight excluding hydrogens is 732 g/mol. The molecule has 5 unspecified atom stereocenters. The van der Waals surface area contributed by atoms with E-state index in [0.29, 0.717) is 4.57 Å². The van der Waals surface area contributed by atoms with Crippen LogP contribution in [-0.4, -0.2) is 45.5 Å². The number of benzene rings is 2. The average Bonchev–Trinajstić information content (AvgIpc) is 3.28. The van der Waals surface area contributed by atoms with Crippen LogP contribution in [0.5, 0.6) is 0 Å². The van der Waals surface area contributed by atoms with E-state index >= 15 is 0 Å². The molecule has 2 heterocycles. The van der Waals surface area contributed by atoms with Crippen molar-refractivity contribution in [2.24, 2.45) is 0 Å². The first kappa shape index (κ1) is 37.9. The van der Waals surface area contributed by atoms with Crippen LogP contribution in [0.25, 0.3) is 0 Å². The fourth-order valence-corrected chi connectivity index (χ4v) is 8.67. The molecule has 4 rings (SSSR count). The summed E-state index contributed by atoms with van der Waals surface area (Å²) in [4.78, 5) is 86.6. The van der Waals surface area contributed by atoms with Gasteiger partial charge < -0.3 is 43.2 Å².